The third kappa shape index (κ3) is 4.41. The first-order valence-electron chi connectivity index (χ1n) is 4.68. The third-order valence-corrected chi connectivity index (χ3v) is 2.24. The van der Waals surface area contributed by atoms with Crippen molar-refractivity contribution in [3.05, 3.63) is 0 Å². The summed E-state index contributed by atoms with van der Waals surface area (Å²) in [7, 11) is 1.22. The standard InChI is InChI=1S/C7H13BF3N2O2/c1-15-7(14)12-6-2-3-13(4-6)5-8(9,10)11/h6H,2-5H2,1H3,(H,12,14)/q-1. The molecule has 0 aromatic rings. The predicted octanol–water partition coefficient (Wildman–Crippen LogP) is 0.803. The molecule has 0 saturated carbocycles. The van der Waals surface area contributed by atoms with E-state index in [1.54, 1.807) is 0 Å². The molecule has 4 nitrogen and oxygen atoms in total. The van der Waals surface area contributed by atoms with E-state index in [4.69, 9.17) is 0 Å². The zero-order valence-corrected chi connectivity index (χ0v) is 8.38. The maximum Gasteiger partial charge on any atom is 0.492 e. The molecule has 0 radical (unpaired) electrons. The number of hydrogen-bond acceptors (Lipinski definition) is 3. The Labute approximate surface area is 85.8 Å². The van der Waals surface area contributed by atoms with E-state index in [1.807, 2.05) is 0 Å². The molecular weight excluding hydrogens is 212 g/mol. The second-order valence-corrected chi connectivity index (χ2v) is 3.59. The molecule has 1 aliphatic heterocycles. The summed E-state index contributed by atoms with van der Waals surface area (Å²) in [6.07, 6.45) is -0.931. The molecule has 1 heterocycles. The van der Waals surface area contributed by atoms with Gasteiger partial charge in [-0.2, -0.15) is 0 Å². The third-order valence-electron chi connectivity index (χ3n) is 2.24. The van der Waals surface area contributed by atoms with Gasteiger partial charge in [-0.3, -0.25) is 0 Å². The van der Waals surface area contributed by atoms with E-state index < -0.39 is 19.5 Å². The minimum absolute atomic E-state index is 0.232. The molecule has 1 amide bonds. The number of methoxy groups -OCH3 is 1. The molecule has 0 aromatic carbocycles. The monoisotopic (exact) mass is 225 g/mol. The van der Waals surface area contributed by atoms with E-state index in [0.29, 0.717) is 13.0 Å². The second kappa shape index (κ2) is 4.74. The number of nitrogens with zero attached hydrogens (tertiary/aromatic N) is 1. The number of likely N-dealkylation sites (tertiary alicyclic amines) is 1. The Morgan fingerprint density at radius 1 is 1.60 bits per heavy atom. The smallest absolute Gasteiger partial charge is 0.453 e. The highest BCUT2D eigenvalue weighted by Crippen LogP contribution is 2.15. The van der Waals surface area contributed by atoms with Gasteiger partial charge in [0.15, 0.2) is 0 Å². The maximum absolute atomic E-state index is 12.1. The molecule has 15 heavy (non-hydrogen) atoms. The summed E-state index contributed by atoms with van der Waals surface area (Å²) in [6.45, 7) is -4.19. The molecule has 1 saturated heterocycles. The summed E-state index contributed by atoms with van der Waals surface area (Å²) < 4.78 is 40.6. The minimum atomic E-state index is -4.78. The van der Waals surface area contributed by atoms with Gasteiger partial charge in [-0.1, -0.05) is 0 Å². The molecule has 0 spiro atoms. The zero-order valence-electron chi connectivity index (χ0n) is 8.38. The summed E-state index contributed by atoms with van der Waals surface area (Å²) in [5.41, 5.74) is 0. The van der Waals surface area contributed by atoms with Crippen molar-refractivity contribution in [1.82, 2.24) is 10.2 Å². The summed E-state index contributed by atoms with van der Waals surface area (Å²) in [4.78, 5) is 12.1. The average Bonchev–Trinajstić information content (AvgIpc) is 2.49. The first kappa shape index (κ1) is 12.2. The van der Waals surface area contributed by atoms with Crippen molar-refractivity contribution in [1.29, 1.82) is 0 Å². The van der Waals surface area contributed by atoms with Crippen LogP contribution in [0, 0.1) is 0 Å². The molecule has 0 aliphatic carbocycles. The number of alkyl carbamates (subject to hydrolysis) is 1. The lowest BCUT2D eigenvalue weighted by molar-refractivity contribution is 0.166. The van der Waals surface area contributed by atoms with Crippen molar-refractivity contribution in [3.63, 3.8) is 0 Å². The fourth-order valence-corrected chi connectivity index (χ4v) is 1.63. The Bertz CT molecular complexity index is 237. The van der Waals surface area contributed by atoms with E-state index >= 15 is 0 Å². The Morgan fingerprint density at radius 3 is 2.80 bits per heavy atom. The van der Waals surface area contributed by atoms with Crippen LogP contribution in [0.3, 0.4) is 0 Å². The number of nitrogens with one attached hydrogen (secondary N) is 1. The molecule has 88 valence electrons. The number of carbonyl (C=O) groups is 1. The number of halogens is 3. The quantitative estimate of drug-likeness (QED) is 0.722. The molecule has 1 rings (SSSR count). The first-order chi connectivity index (χ1) is 6.90. The van der Waals surface area contributed by atoms with Crippen LogP contribution in [-0.2, 0) is 4.74 Å². The van der Waals surface area contributed by atoms with Crippen LogP contribution in [0.5, 0.6) is 0 Å². The highest BCUT2D eigenvalue weighted by molar-refractivity contribution is 6.58. The summed E-state index contributed by atoms with van der Waals surface area (Å²) in [5, 5.41) is 2.48. The van der Waals surface area contributed by atoms with Gasteiger partial charge in [0.05, 0.1) is 7.11 Å². The average molecular weight is 225 g/mol. The van der Waals surface area contributed by atoms with Crippen LogP contribution in [0.2, 0.25) is 0 Å². The summed E-state index contributed by atoms with van der Waals surface area (Å²) in [6, 6.07) is -0.240. The van der Waals surface area contributed by atoms with E-state index in [0.717, 1.165) is 0 Å². The Morgan fingerprint density at radius 2 is 2.27 bits per heavy atom. The fourth-order valence-electron chi connectivity index (χ4n) is 1.63. The molecule has 1 fully saturated rings. The zero-order chi connectivity index (χ0) is 11.5. The predicted molar refractivity (Wildman–Crippen MR) is 49.5 cm³/mol. The van der Waals surface area contributed by atoms with Crippen molar-refractivity contribution in [3.8, 4) is 0 Å². The highest BCUT2D eigenvalue weighted by atomic mass is 19.4. The summed E-state index contributed by atoms with van der Waals surface area (Å²) in [5.74, 6) is 0. The van der Waals surface area contributed by atoms with Crippen LogP contribution < -0.4 is 5.32 Å². The van der Waals surface area contributed by atoms with Gasteiger partial charge in [-0.05, 0) is 19.4 Å². The largest absolute Gasteiger partial charge is 0.492 e. The lowest BCUT2D eigenvalue weighted by Crippen LogP contribution is -2.40. The van der Waals surface area contributed by atoms with Gasteiger partial charge in [-0.25, -0.2) is 4.79 Å². The van der Waals surface area contributed by atoms with Crippen LogP contribution in [0.1, 0.15) is 6.42 Å². The lowest BCUT2D eigenvalue weighted by atomic mass is 9.91. The number of ether oxygens (including phenoxy) is 1. The number of hydrogen-bond donors (Lipinski definition) is 1. The van der Waals surface area contributed by atoms with Crippen LogP contribution in [0.15, 0.2) is 0 Å². The highest BCUT2D eigenvalue weighted by Gasteiger charge is 2.31. The van der Waals surface area contributed by atoms with Gasteiger partial charge in [0, 0.05) is 12.6 Å². The van der Waals surface area contributed by atoms with Gasteiger partial charge >= 0.3 is 13.1 Å². The van der Waals surface area contributed by atoms with Crippen LogP contribution in [-0.4, -0.2) is 50.7 Å². The Balaban J connectivity index is 2.30. The van der Waals surface area contributed by atoms with Gasteiger partial charge < -0.3 is 27.9 Å². The van der Waals surface area contributed by atoms with Crippen LogP contribution in [0.25, 0.3) is 0 Å². The number of carbonyl (C=O) groups excluding carboxylic acids is 1. The van der Waals surface area contributed by atoms with E-state index in [9.17, 15) is 17.7 Å². The molecule has 8 heteroatoms. The molecule has 1 N–H and O–H groups in total. The van der Waals surface area contributed by atoms with E-state index in [1.165, 1.54) is 12.0 Å². The van der Waals surface area contributed by atoms with Crippen molar-refractivity contribution in [2.24, 2.45) is 0 Å². The van der Waals surface area contributed by atoms with Crippen LogP contribution >= 0.6 is 0 Å². The van der Waals surface area contributed by atoms with Crippen molar-refractivity contribution >= 4 is 13.1 Å². The fraction of sp³-hybridized carbons (Fsp3) is 0.857. The maximum atomic E-state index is 12.1. The van der Waals surface area contributed by atoms with Gasteiger partial charge in [-0.15, -0.1) is 0 Å². The molecule has 1 aliphatic rings. The van der Waals surface area contributed by atoms with Crippen LogP contribution in [0.4, 0.5) is 17.7 Å². The topological polar surface area (TPSA) is 41.6 Å². The molecule has 1 atom stereocenters. The van der Waals surface area contributed by atoms with E-state index in [2.05, 4.69) is 10.1 Å². The second-order valence-electron chi connectivity index (χ2n) is 3.59. The van der Waals surface area contributed by atoms with E-state index in [-0.39, 0.29) is 12.6 Å². The number of amides is 1. The molecule has 0 bridgehead atoms. The molecule has 1 unspecified atom stereocenters. The molecule has 0 aromatic heterocycles. The van der Waals surface area contributed by atoms with Crippen molar-refractivity contribution < 1.29 is 22.5 Å². The van der Waals surface area contributed by atoms with Crippen molar-refractivity contribution in [2.45, 2.75) is 12.5 Å². The summed E-state index contributed by atoms with van der Waals surface area (Å²) >= 11 is 0. The lowest BCUT2D eigenvalue weighted by Gasteiger charge is -2.23. The normalized spacial score (nSPS) is 22.8. The van der Waals surface area contributed by atoms with Crippen molar-refractivity contribution in [2.75, 3.05) is 26.6 Å². The Kier molecular flexibility index (Phi) is 3.84. The number of rotatable bonds is 3. The van der Waals surface area contributed by atoms with Gasteiger partial charge in [0.25, 0.3) is 0 Å². The minimum Gasteiger partial charge on any atom is -0.453 e. The Hall–Kier alpha value is -0.915. The molecular formula is C7H13BF3N2O2-. The van der Waals surface area contributed by atoms with Gasteiger partial charge in [0.2, 0.25) is 0 Å². The SMILES string of the molecule is COC(=O)NC1CCN(C[B-](F)(F)F)C1. The van der Waals surface area contributed by atoms with Gasteiger partial charge in [0.1, 0.15) is 0 Å². The first-order valence-corrected chi connectivity index (χ1v) is 4.68.